The number of rotatable bonds is 26. The molecule has 216 valence electrons. The first kappa shape index (κ1) is 35.7. The zero-order chi connectivity index (χ0) is 27.2. The van der Waals surface area contributed by atoms with Crippen LogP contribution in [-0.4, -0.2) is 49.7 Å². The van der Waals surface area contributed by atoms with Gasteiger partial charge in [-0.3, -0.25) is 8.77 Å². The summed E-state index contributed by atoms with van der Waals surface area (Å²) in [6.07, 6.45) is 17.6. The van der Waals surface area contributed by atoms with Crippen molar-refractivity contribution in [2.24, 2.45) is 0 Å². The zero-order valence-electron chi connectivity index (χ0n) is 23.5. The molecule has 0 aliphatic carbocycles. The molecule has 5 unspecified atom stereocenters. The third-order valence-corrected chi connectivity index (χ3v) is 10.0. The van der Waals surface area contributed by atoms with Crippen molar-refractivity contribution in [3.8, 4) is 0 Å². The maximum absolute atomic E-state index is 13.2. The number of carboxylic acids is 1. The first-order valence-electron chi connectivity index (χ1n) is 14.4. The highest BCUT2D eigenvalue weighted by molar-refractivity contribution is 7.85. The molecular weight excluding hydrogens is 499 g/mol. The lowest BCUT2D eigenvalue weighted by atomic mass is 10.1. The molecule has 0 spiro atoms. The summed E-state index contributed by atoms with van der Waals surface area (Å²) < 4.78 is 36.5. The molecule has 7 nitrogen and oxygen atoms in total. The van der Waals surface area contributed by atoms with Crippen LogP contribution in [0.1, 0.15) is 137 Å². The molecule has 36 heavy (non-hydrogen) atoms. The van der Waals surface area contributed by atoms with Gasteiger partial charge in [-0.15, -0.1) is 0 Å². The van der Waals surface area contributed by atoms with Gasteiger partial charge in [0.05, 0.1) is 11.4 Å². The Balaban J connectivity index is 4.82. The fourth-order valence-corrected chi connectivity index (χ4v) is 7.40. The molecule has 0 aliphatic heterocycles. The third kappa shape index (κ3) is 17.3. The summed E-state index contributed by atoms with van der Waals surface area (Å²) in [7, 11) is -5.82. The molecule has 0 rings (SSSR count). The topological polar surface area (TPSA) is 110 Å². The molecular formula is C27H55O7PS. The Labute approximate surface area is 223 Å². The van der Waals surface area contributed by atoms with E-state index in [1.807, 2.05) is 0 Å². The van der Waals surface area contributed by atoms with Crippen molar-refractivity contribution in [2.75, 3.05) is 12.4 Å². The summed E-state index contributed by atoms with van der Waals surface area (Å²) in [6, 6.07) is 0. The second kappa shape index (κ2) is 22.7. The van der Waals surface area contributed by atoms with Crippen molar-refractivity contribution >= 4 is 24.4 Å². The fourth-order valence-electron chi connectivity index (χ4n) is 4.31. The Hall–Kier alpha value is -0.270. The molecule has 0 aromatic heterocycles. The number of hydrogen-bond acceptors (Lipinski definition) is 5. The van der Waals surface area contributed by atoms with Crippen LogP contribution in [0.4, 0.5) is 0 Å². The first-order valence-corrected chi connectivity index (χ1v) is 17.5. The SMILES string of the molecule is CCCCCCCCCCCCS(=O)C(CCCCCCC)C(C)OP(=O)(O)C(OCCC)C(=O)O. The molecule has 0 aromatic rings. The van der Waals surface area contributed by atoms with E-state index in [2.05, 4.69) is 13.8 Å². The highest BCUT2D eigenvalue weighted by Gasteiger charge is 2.42. The molecule has 0 aliphatic rings. The average molecular weight is 555 g/mol. The van der Waals surface area contributed by atoms with E-state index in [1.54, 1.807) is 13.8 Å². The molecule has 0 saturated heterocycles. The van der Waals surface area contributed by atoms with E-state index in [4.69, 9.17) is 9.26 Å². The normalized spacial score (nSPS) is 16.8. The Kier molecular flexibility index (Phi) is 22.5. The number of hydrogen-bond donors (Lipinski definition) is 2. The van der Waals surface area contributed by atoms with Crippen LogP contribution in [0, 0.1) is 0 Å². The van der Waals surface area contributed by atoms with Crippen LogP contribution < -0.4 is 0 Å². The van der Waals surface area contributed by atoms with Crippen LogP contribution in [0.3, 0.4) is 0 Å². The molecule has 0 amide bonds. The van der Waals surface area contributed by atoms with E-state index in [0.717, 1.165) is 51.4 Å². The smallest absolute Gasteiger partial charge is 0.368 e. The highest BCUT2D eigenvalue weighted by Crippen LogP contribution is 2.50. The number of ether oxygens (including phenoxy) is 1. The number of carboxylic acid groups (broad SMARTS) is 1. The molecule has 0 radical (unpaired) electrons. The van der Waals surface area contributed by atoms with Gasteiger partial charge in [0.25, 0.3) is 5.85 Å². The summed E-state index contributed by atoms with van der Waals surface area (Å²) >= 11 is 0. The maximum atomic E-state index is 13.2. The minimum atomic E-state index is -4.60. The predicted octanol–water partition coefficient (Wildman–Crippen LogP) is 7.81. The lowest BCUT2D eigenvalue weighted by Gasteiger charge is -2.28. The van der Waals surface area contributed by atoms with Crippen LogP contribution in [0.25, 0.3) is 0 Å². The molecule has 0 saturated carbocycles. The second-order valence-electron chi connectivity index (χ2n) is 9.94. The molecule has 9 heteroatoms. The molecule has 2 N–H and O–H groups in total. The van der Waals surface area contributed by atoms with Crippen molar-refractivity contribution in [1.29, 1.82) is 0 Å². The quantitative estimate of drug-likeness (QED) is 0.0828. The Morgan fingerprint density at radius 3 is 1.75 bits per heavy atom. The maximum Gasteiger partial charge on any atom is 0.368 e. The van der Waals surface area contributed by atoms with Crippen molar-refractivity contribution in [1.82, 2.24) is 0 Å². The van der Waals surface area contributed by atoms with Crippen molar-refractivity contribution < 1.29 is 32.8 Å². The minimum absolute atomic E-state index is 0.0464. The number of carbonyl (C=O) groups is 1. The summed E-state index contributed by atoms with van der Waals surface area (Å²) in [5, 5.41) is 8.97. The number of aliphatic carboxylic acids is 1. The minimum Gasteiger partial charge on any atom is -0.479 e. The lowest BCUT2D eigenvalue weighted by molar-refractivity contribution is -0.146. The van der Waals surface area contributed by atoms with Gasteiger partial charge in [0.15, 0.2) is 0 Å². The molecule has 0 aromatic carbocycles. The largest absolute Gasteiger partial charge is 0.479 e. The average Bonchev–Trinajstić information content (AvgIpc) is 2.81. The Morgan fingerprint density at radius 1 is 0.806 bits per heavy atom. The van der Waals surface area contributed by atoms with E-state index < -0.39 is 41.6 Å². The summed E-state index contributed by atoms with van der Waals surface area (Å²) in [4.78, 5) is 21.9. The summed E-state index contributed by atoms with van der Waals surface area (Å²) in [5.74, 6) is -2.92. The van der Waals surface area contributed by atoms with Crippen LogP contribution in [-0.2, 0) is 29.4 Å². The van der Waals surface area contributed by atoms with Crippen LogP contribution in [0.15, 0.2) is 0 Å². The van der Waals surface area contributed by atoms with Gasteiger partial charge in [-0.25, -0.2) is 4.79 Å². The van der Waals surface area contributed by atoms with E-state index in [-0.39, 0.29) is 6.61 Å². The van der Waals surface area contributed by atoms with Gasteiger partial charge < -0.3 is 19.3 Å². The van der Waals surface area contributed by atoms with Crippen molar-refractivity contribution in [3.05, 3.63) is 0 Å². The molecule has 0 heterocycles. The van der Waals surface area contributed by atoms with Crippen molar-refractivity contribution in [2.45, 2.75) is 154 Å². The van der Waals surface area contributed by atoms with E-state index >= 15 is 0 Å². The van der Waals surface area contributed by atoms with Gasteiger partial charge >= 0.3 is 13.6 Å². The van der Waals surface area contributed by atoms with Crippen LogP contribution >= 0.6 is 7.60 Å². The van der Waals surface area contributed by atoms with Gasteiger partial charge in [0.1, 0.15) is 0 Å². The molecule has 5 atom stereocenters. The zero-order valence-corrected chi connectivity index (χ0v) is 25.2. The summed E-state index contributed by atoms with van der Waals surface area (Å²) in [5.41, 5.74) is 0. The van der Waals surface area contributed by atoms with E-state index in [0.29, 0.717) is 18.6 Å². The predicted molar refractivity (Wildman–Crippen MR) is 150 cm³/mol. The third-order valence-electron chi connectivity index (χ3n) is 6.46. The Morgan fingerprint density at radius 2 is 1.28 bits per heavy atom. The van der Waals surface area contributed by atoms with Gasteiger partial charge in [-0.05, 0) is 26.2 Å². The monoisotopic (exact) mass is 554 g/mol. The Bertz CT molecular complexity index is 617. The van der Waals surface area contributed by atoms with E-state index in [1.165, 1.54) is 44.9 Å². The molecule has 0 fully saturated rings. The first-order chi connectivity index (χ1) is 17.2. The summed E-state index contributed by atoms with van der Waals surface area (Å²) in [6.45, 7) is 7.85. The lowest BCUT2D eigenvalue weighted by Crippen LogP contribution is -2.34. The van der Waals surface area contributed by atoms with E-state index in [9.17, 15) is 23.6 Å². The standard InChI is InChI=1S/C27H55O7PS/c1-5-8-10-12-13-14-15-16-18-20-23-36(32)25(21-19-17-11-9-6-2)24(4)34-35(30,31)27(26(28)29)33-22-7-3/h24-25,27H,5-23H2,1-4H3,(H,28,29)(H,30,31). The van der Waals surface area contributed by atoms with Gasteiger partial charge in [-0.2, -0.15) is 0 Å². The second-order valence-corrected chi connectivity index (χ2v) is 13.5. The highest BCUT2D eigenvalue weighted by atomic mass is 32.2. The number of unbranched alkanes of at least 4 members (excludes halogenated alkanes) is 13. The molecule has 0 bridgehead atoms. The van der Waals surface area contributed by atoms with Crippen molar-refractivity contribution in [3.63, 3.8) is 0 Å². The van der Waals surface area contributed by atoms with Gasteiger partial charge in [-0.1, -0.05) is 111 Å². The van der Waals surface area contributed by atoms with Crippen LogP contribution in [0.2, 0.25) is 0 Å². The van der Waals surface area contributed by atoms with Gasteiger partial charge in [0, 0.05) is 23.2 Å². The fraction of sp³-hybridized carbons (Fsp3) is 0.963. The van der Waals surface area contributed by atoms with Crippen LogP contribution in [0.5, 0.6) is 0 Å². The van der Waals surface area contributed by atoms with Gasteiger partial charge in [0.2, 0.25) is 0 Å².